The SMILES string of the molecule is CC(c1ccccc1)N(CC1CCC1)C(=O)C1CCNC1.Cl. The third-order valence-corrected chi connectivity index (χ3v) is 5.12. The van der Waals surface area contributed by atoms with Crippen molar-refractivity contribution in [1.82, 2.24) is 10.2 Å². The molecular weight excluding hydrogens is 296 g/mol. The molecule has 1 aromatic rings. The van der Waals surface area contributed by atoms with Gasteiger partial charge in [-0.05, 0) is 44.2 Å². The minimum atomic E-state index is 0. The van der Waals surface area contributed by atoms with E-state index in [9.17, 15) is 4.79 Å². The van der Waals surface area contributed by atoms with Crippen LogP contribution < -0.4 is 5.32 Å². The molecule has 0 radical (unpaired) electrons. The molecule has 1 saturated heterocycles. The molecule has 1 heterocycles. The van der Waals surface area contributed by atoms with E-state index in [0.717, 1.165) is 32.0 Å². The van der Waals surface area contributed by atoms with Crippen molar-refractivity contribution in [3.8, 4) is 0 Å². The summed E-state index contributed by atoms with van der Waals surface area (Å²) in [5.74, 6) is 1.24. The molecule has 22 heavy (non-hydrogen) atoms. The van der Waals surface area contributed by atoms with Gasteiger partial charge in [-0.25, -0.2) is 0 Å². The Morgan fingerprint density at radius 2 is 2.00 bits per heavy atom. The van der Waals surface area contributed by atoms with Crippen molar-refractivity contribution in [2.45, 2.75) is 38.6 Å². The van der Waals surface area contributed by atoms with Crippen LogP contribution in [0.2, 0.25) is 0 Å². The molecule has 0 bridgehead atoms. The number of rotatable bonds is 5. The normalized spacial score (nSPS) is 22.5. The second kappa shape index (κ2) is 7.98. The first kappa shape index (κ1) is 17.3. The fourth-order valence-corrected chi connectivity index (χ4v) is 3.40. The fourth-order valence-electron chi connectivity index (χ4n) is 3.40. The van der Waals surface area contributed by atoms with E-state index in [0.29, 0.717) is 5.91 Å². The number of hydrogen-bond donors (Lipinski definition) is 1. The Hall–Kier alpha value is -1.06. The molecule has 2 aliphatic rings. The molecule has 3 rings (SSSR count). The molecule has 1 N–H and O–H groups in total. The van der Waals surface area contributed by atoms with Crippen molar-refractivity contribution in [3.63, 3.8) is 0 Å². The number of nitrogens with zero attached hydrogens (tertiary/aromatic N) is 1. The Morgan fingerprint density at radius 3 is 2.55 bits per heavy atom. The van der Waals surface area contributed by atoms with Gasteiger partial charge in [-0.2, -0.15) is 0 Å². The average molecular weight is 323 g/mol. The summed E-state index contributed by atoms with van der Waals surface area (Å²) < 4.78 is 0. The molecule has 0 spiro atoms. The van der Waals surface area contributed by atoms with Gasteiger partial charge in [0.05, 0.1) is 12.0 Å². The maximum Gasteiger partial charge on any atom is 0.227 e. The van der Waals surface area contributed by atoms with Crippen LogP contribution >= 0.6 is 12.4 Å². The maximum absolute atomic E-state index is 12.9. The molecule has 3 nitrogen and oxygen atoms in total. The first-order chi connectivity index (χ1) is 10.3. The lowest BCUT2D eigenvalue weighted by atomic mass is 9.84. The zero-order chi connectivity index (χ0) is 14.7. The van der Waals surface area contributed by atoms with Gasteiger partial charge in [0, 0.05) is 13.1 Å². The Kier molecular flexibility index (Phi) is 6.27. The van der Waals surface area contributed by atoms with Crippen molar-refractivity contribution in [2.75, 3.05) is 19.6 Å². The van der Waals surface area contributed by atoms with Crippen LogP contribution in [0.1, 0.15) is 44.2 Å². The van der Waals surface area contributed by atoms with Crippen molar-refractivity contribution < 1.29 is 4.79 Å². The van der Waals surface area contributed by atoms with E-state index in [2.05, 4.69) is 41.4 Å². The van der Waals surface area contributed by atoms with Crippen LogP contribution in [0.5, 0.6) is 0 Å². The molecule has 1 saturated carbocycles. The summed E-state index contributed by atoms with van der Waals surface area (Å²) in [6, 6.07) is 10.6. The van der Waals surface area contributed by atoms with Gasteiger partial charge in [0.15, 0.2) is 0 Å². The quantitative estimate of drug-likeness (QED) is 0.901. The van der Waals surface area contributed by atoms with Crippen molar-refractivity contribution in [2.24, 2.45) is 11.8 Å². The molecule has 0 aromatic heterocycles. The zero-order valence-electron chi connectivity index (χ0n) is 13.3. The Labute approximate surface area is 139 Å². The van der Waals surface area contributed by atoms with Gasteiger partial charge in [-0.3, -0.25) is 4.79 Å². The van der Waals surface area contributed by atoms with Crippen LogP contribution in [0.15, 0.2) is 30.3 Å². The summed E-state index contributed by atoms with van der Waals surface area (Å²) in [7, 11) is 0. The predicted molar refractivity (Wildman–Crippen MR) is 92.1 cm³/mol. The Morgan fingerprint density at radius 1 is 1.27 bits per heavy atom. The van der Waals surface area contributed by atoms with Crippen LogP contribution in [-0.2, 0) is 4.79 Å². The lowest BCUT2D eigenvalue weighted by Gasteiger charge is -2.37. The molecule has 1 aliphatic carbocycles. The molecule has 2 fully saturated rings. The molecule has 2 atom stereocenters. The fraction of sp³-hybridized carbons (Fsp3) is 0.611. The molecule has 4 heteroatoms. The number of carbonyl (C=O) groups is 1. The van der Waals surface area contributed by atoms with Crippen LogP contribution in [0.3, 0.4) is 0 Å². The predicted octanol–water partition coefficient (Wildman–Crippen LogP) is 3.41. The number of nitrogens with one attached hydrogen (secondary N) is 1. The van der Waals surface area contributed by atoms with Gasteiger partial charge >= 0.3 is 0 Å². The second-order valence-electron chi connectivity index (χ2n) is 6.56. The molecule has 1 aromatic carbocycles. The summed E-state index contributed by atoms with van der Waals surface area (Å²) in [6.45, 7) is 4.94. The largest absolute Gasteiger partial charge is 0.335 e. The average Bonchev–Trinajstić information content (AvgIpc) is 3.00. The minimum absolute atomic E-state index is 0. The van der Waals surface area contributed by atoms with E-state index in [4.69, 9.17) is 0 Å². The van der Waals surface area contributed by atoms with Crippen molar-refractivity contribution >= 4 is 18.3 Å². The molecular formula is C18H27ClN2O. The van der Waals surface area contributed by atoms with E-state index >= 15 is 0 Å². The standard InChI is InChI=1S/C18H26N2O.ClH/c1-14(16-8-3-2-4-9-16)20(13-15-6-5-7-15)18(21)17-10-11-19-12-17;/h2-4,8-9,14-15,17,19H,5-7,10-13H2,1H3;1H. The third kappa shape index (κ3) is 3.82. The highest BCUT2D eigenvalue weighted by Crippen LogP contribution is 2.32. The van der Waals surface area contributed by atoms with E-state index in [1.54, 1.807) is 0 Å². The molecule has 1 amide bonds. The Bertz CT molecular complexity index is 469. The van der Waals surface area contributed by atoms with Gasteiger partial charge in [-0.15, -0.1) is 12.4 Å². The summed E-state index contributed by atoms with van der Waals surface area (Å²) in [5.41, 5.74) is 1.25. The topological polar surface area (TPSA) is 32.3 Å². The smallest absolute Gasteiger partial charge is 0.227 e. The van der Waals surface area contributed by atoms with Gasteiger partial charge < -0.3 is 10.2 Å². The van der Waals surface area contributed by atoms with Crippen LogP contribution in [-0.4, -0.2) is 30.4 Å². The molecule has 122 valence electrons. The van der Waals surface area contributed by atoms with Crippen molar-refractivity contribution in [3.05, 3.63) is 35.9 Å². The van der Waals surface area contributed by atoms with E-state index in [1.165, 1.54) is 24.8 Å². The highest BCUT2D eigenvalue weighted by atomic mass is 35.5. The number of halogens is 1. The number of hydrogen-bond acceptors (Lipinski definition) is 2. The summed E-state index contributed by atoms with van der Waals surface area (Å²) >= 11 is 0. The van der Waals surface area contributed by atoms with Gasteiger partial charge in [-0.1, -0.05) is 36.8 Å². The highest BCUT2D eigenvalue weighted by Gasteiger charge is 2.32. The minimum Gasteiger partial charge on any atom is -0.335 e. The van der Waals surface area contributed by atoms with E-state index in [-0.39, 0.29) is 24.4 Å². The lowest BCUT2D eigenvalue weighted by molar-refractivity contribution is -0.138. The molecule has 2 unspecified atom stereocenters. The van der Waals surface area contributed by atoms with Crippen LogP contribution in [0.4, 0.5) is 0 Å². The Balaban J connectivity index is 0.00000176. The van der Waals surface area contributed by atoms with Crippen LogP contribution in [0, 0.1) is 11.8 Å². The first-order valence-electron chi connectivity index (χ1n) is 8.32. The first-order valence-corrected chi connectivity index (χ1v) is 8.32. The monoisotopic (exact) mass is 322 g/mol. The highest BCUT2D eigenvalue weighted by molar-refractivity contribution is 5.85. The zero-order valence-corrected chi connectivity index (χ0v) is 14.1. The summed E-state index contributed by atoms with van der Waals surface area (Å²) in [4.78, 5) is 15.1. The number of benzene rings is 1. The van der Waals surface area contributed by atoms with E-state index < -0.39 is 0 Å². The summed E-state index contributed by atoms with van der Waals surface area (Å²) in [6.07, 6.45) is 4.89. The summed E-state index contributed by atoms with van der Waals surface area (Å²) in [5, 5.41) is 3.32. The van der Waals surface area contributed by atoms with Crippen molar-refractivity contribution in [1.29, 1.82) is 0 Å². The third-order valence-electron chi connectivity index (χ3n) is 5.12. The van der Waals surface area contributed by atoms with Crippen LogP contribution in [0.25, 0.3) is 0 Å². The van der Waals surface area contributed by atoms with Gasteiger partial charge in [0.25, 0.3) is 0 Å². The maximum atomic E-state index is 12.9. The number of amides is 1. The van der Waals surface area contributed by atoms with E-state index in [1.807, 2.05) is 6.07 Å². The van der Waals surface area contributed by atoms with Gasteiger partial charge in [0.2, 0.25) is 5.91 Å². The molecule has 1 aliphatic heterocycles. The number of carbonyl (C=O) groups excluding carboxylic acids is 1. The lowest BCUT2D eigenvalue weighted by Crippen LogP contribution is -2.42. The second-order valence-corrected chi connectivity index (χ2v) is 6.56. The van der Waals surface area contributed by atoms with Gasteiger partial charge in [0.1, 0.15) is 0 Å².